The monoisotopic (exact) mass is 361 g/mol. The van der Waals surface area contributed by atoms with Crippen LogP contribution in [0.1, 0.15) is 11.1 Å². The maximum Gasteiger partial charge on any atom is 0.243 e. The molecule has 0 aliphatic rings. The number of carbonyl (C=O) groups excluding carboxylic acids is 1. The predicted octanol–water partition coefficient (Wildman–Crippen LogP) is 2.60. The second kappa shape index (κ2) is 7.67. The Labute approximate surface area is 148 Å². The molecule has 2 aromatic carbocycles. The fraction of sp³-hybridized carbons (Fsp3) is 0.278. The molecule has 25 heavy (non-hydrogen) atoms. The molecule has 2 N–H and O–H groups in total. The van der Waals surface area contributed by atoms with E-state index in [0.717, 1.165) is 21.1 Å². The van der Waals surface area contributed by atoms with E-state index >= 15 is 0 Å². The lowest BCUT2D eigenvalue weighted by Crippen LogP contribution is -2.24. The van der Waals surface area contributed by atoms with Crippen LogP contribution in [-0.2, 0) is 14.8 Å². The summed E-state index contributed by atoms with van der Waals surface area (Å²) in [7, 11) is -0.601. The van der Waals surface area contributed by atoms with E-state index in [1.165, 1.54) is 26.2 Å². The van der Waals surface area contributed by atoms with E-state index in [1.807, 2.05) is 32.0 Å². The van der Waals surface area contributed by atoms with Gasteiger partial charge in [0, 0.05) is 25.5 Å². The third kappa shape index (κ3) is 4.58. The zero-order chi connectivity index (χ0) is 18.6. The quantitative estimate of drug-likeness (QED) is 0.829. The molecule has 134 valence electrons. The Morgan fingerprint density at radius 2 is 1.76 bits per heavy atom. The molecule has 2 rings (SSSR count). The first-order chi connectivity index (χ1) is 11.7. The summed E-state index contributed by atoms with van der Waals surface area (Å²) >= 11 is 0. The molecule has 0 saturated carbocycles. The van der Waals surface area contributed by atoms with E-state index in [9.17, 15) is 13.2 Å². The number of hydrogen-bond donors (Lipinski definition) is 2. The highest BCUT2D eigenvalue weighted by Crippen LogP contribution is 2.19. The average Bonchev–Trinajstić information content (AvgIpc) is 2.56. The molecule has 0 bridgehead atoms. The van der Waals surface area contributed by atoms with Gasteiger partial charge in [-0.25, -0.2) is 12.7 Å². The van der Waals surface area contributed by atoms with Crippen LogP contribution in [0.15, 0.2) is 47.4 Å². The Morgan fingerprint density at radius 1 is 1.08 bits per heavy atom. The molecule has 0 saturated heterocycles. The lowest BCUT2D eigenvalue weighted by Gasteiger charge is -2.13. The molecule has 0 aliphatic heterocycles. The van der Waals surface area contributed by atoms with Crippen LogP contribution in [0.25, 0.3) is 0 Å². The predicted molar refractivity (Wildman–Crippen MR) is 100 cm³/mol. The summed E-state index contributed by atoms with van der Waals surface area (Å²) in [6.07, 6.45) is 0. The number of nitrogens with one attached hydrogen (secondary N) is 2. The number of anilines is 2. The van der Waals surface area contributed by atoms with Crippen molar-refractivity contribution >= 4 is 27.3 Å². The summed E-state index contributed by atoms with van der Waals surface area (Å²) in [5.74, 6) is -0.250. The molecule has 0 aromatic heterocycles. The van der Waals surface area contributed by atoms with Crippen molar-refractivity contribution in [2.75, 3.05) is 31.3 Å². The van der Waals surface area contributed by atoms with Gasteiger partial charge in [0.15, 0.2) is 0 Å². The van der Waals surface area contributed by atoms with Gasteiger partial charge in [-0.1, -0.05) is 18.2 Å². The standard InChI is InChI=1S/C18H23N3O3S/c1-13-7-5-10-17(14(13)2)19-12-18(22)20-15-8-6-9-16(11-15)25(23,24)21(3)4/h5-11,19H,12H2,1-4H3,(H,20,22). The first kappa shape index (κ1) is 19.0. The summed E-state index contributed by atoms with van der Waals surface area (Å²) in [4.78, 5) is 12.3. The Bertz CT molecular complexity index is 877. The minimum absolute atomic E-state index is 0.0922. The summed E-state index contributed by atoms with van der Waals surface area (Å²) in [6.45, 7) is 4.09. The van der Waals surface area contributed by atoms with E-state index in [4.69, 9.17) is 0 Å². The number of hydrogen-bond acceptors (Lipinski definition) is 4. The van der Waals surface area contributed by atoms with Crippen LogP contribution in [-0.4, -0.2) is 39.3 Å². The van der Waals surface area contributed by atoms with Gasteiger partial charge in [-0.3, -0.25) is 4.79 Å². The van der Waals surface area contributed by atoms with Gasteiger partial charge in [-0.05, 0) is 49.2 Å². The van der Waals surface area contributed by atoms with Gasteiger partial charge in [0.2, 0.25) is 15.9 Å². The largest absolute Gasteiger partial charge is 0.376 e. The molecule has 7 heteroatoms. The topological polar surface area (TPSA) is 78.5 Å². The van der Waals surface area contributed by atoms with Crippen molar-refractivity contribution in [3.05, 3.63) is 53.6 Å². The summed E-state index contributed by atoms with van der Waals surface area (Å²) in [6, 6.07) is 12.1. The second-order valence-electron chi connectivity index (χ2n) is 5.96. The van der Waals surface area contributed by atoms with Crippen LogP contribution in [0.5, 0.6) is 0 Å². The van der Waals surface area contributed by atoms with Crippen LogP contribution in [0.4, 0.5) is 11.4 Å². The molecule has 0 spiro atoms. The van der Waals surface area contributed by atoms with Crippen LogP contribution in [0, 0.1) is 13.8 Å². The van der Waals surface area contributed by atoms with Gasteiger partial charge >= 0.3 is 0 Å². The lowest BCUT2D eigenvalue weighted by molar-refractivity contribution is -0.114. The molecule has 0 fully saturated rings. The first-order valence-corrected chi connectivity index (χ1v) is 9.28. The Hall–Kier alpha value is -2.38. The molecule has 0 atom stereocenters. The number of aryl methyl sites for hydroxylation is 1. The second-order valence-corrected chi connectivity index (χ2v) is 8.12. The summed E-state index contributed by atoms with van der Waals surface area (Å²) in [5.41, 5.74) is 3.58. The van der Waals surface area contributed by atoms with Gasteiger partial charge in [-0.15, -0.1) is 0 Å². The van der Waals surface area contributed by atoms with E-state index in [-0.39, 0.29) is 17.3 Å². The zero-order valence-corrected chi connectivity index (χ0v) is 15.6. The highest BCUT2D eigenvalue weighted by atomic mass is 32.2. The summed E-state index contributed by atoms with van der Waals surface area (Å²) < 4.78 is 25.4. The van der Waals surface area contributed by atoms with Crippen molar-refractivity contribution in [1.29, 1.82) is 0 Å². The molecule has 0 radical (unpaired) electrons. The normalized spacial score (nSPS) is 11.4. The Kier molecular flexibility index (Phi) is 5.81. The highest BCUT2D eigenvalue weighted by molar-refractivity contribution is 7.89. The average molecular weight is 361 g/mol. The highest BCUT2D eigenvalue weighted by Gasteiger charge is 2.17. The van der Waals surface area contributed by atoms with Gasteiger partial charge in [0.25, 0.3) is 0 Å². The molecule has 6 nitrogen and oxygen atoms in total. The number of nitrogens with zero attached hydrogens (tertiary/aromatic N) is 1. The van der Waals surface area contributed by atoms with Crippen LogP contribution >= 0.6 is 0 Å². The number of sulfonamides is 1. The van der Waals surface area contributed by atoms with Gasteiger partial charge in [-0.2, -0.15) is 0 Å². The molecular weight excluding hydrogens is 338 g/mol. The van der Waals surface area contributed by atoms with Crippen molar-refractivity contribution in [2.24, 2.45) is 0 Å². The number of carbonyl (C=O) groups is 1. The third-order valence-electron chi connectivity index (χ3n) is 3.94. The maximum atomic E-state index is 12.2. The molecule has 1 amide bonds. The minimum Gasteiger partial charge on any atom is -0.376 e. The van der Waals surface area contributed by atoms with E-state index < -0.39 is 10.0 Å². The maximum absolute atomic E-state index is 12.2. The van der Waals surface area contributed by atoms with E-state index in [2.05, 4.69) is 10.6 Å². The Morgan fingerprint density at radius 3 is 2.44 bits per heavy atom. The minimum atomic E-state index is -3.53. The molecular formula is C18H23N3O3S. The Balaban J connectivity index is 2.05. The van der Waals surface area contributed by atoms with Crippen molar-refractivity contribution in [2.45, 2.75) is 18.7 Å². The fourth-order valence-corrected chi connectivity index (χ4v) is 3.22. The first-order valence-electron chi connectivity index (χ1n) is 7.84. The lowest BCUT2D eigenvalue weighted by atomic mass is 10.1. The van der Waals surface area contributed by atoms with E-state index in [0.29, 0.717) is 5.69 Å². The van der Waals surface area contributed by atoms with Crippen LogP contribution in [0.2, 0.25) is 0 Å². The number of rotatable bonds is 6. The van der Waals surface area contributed by atoms with Gasteiger partial charge < -0.3 is 10.6 Å². The fourth-order valence-electron chi connectivity index (χ4n) is 2.27. The molecule has 0 heterocycles. The van der Waals surface area contributed by atoms with Crippen LogP contribution in [0.3, 0.4) is 0 Å². The number of benzene rings is 2. The van der Waals surface area contributed by atoms with Crippen molar-refractivity contribution in [3.63, 3.8) is 0 Å². The van der Waals surface area contributed by atoms with Crippen LogP contribution < -0.4 is 10.6 Å². The molecule has 0 aliphatic carbocycles. The van der Waals surface area contributed by atoms with Crippen molar-refractivity contribution < 1.29 is 13.2 Å². The van der Waals surface area contributed by atoms with Gasteiger partial charge in [0.05, 0.1) is 11.4 Å². The van der Waals surface area contributed by atoms with Crippen molar-refractivity contribution in [3.8, 4) is 0 Å². The molecule has 2 aromatic rings. The smallest absolute Gasteiger partial charge is 0.243 e. The summed E-state index contributed by atoms with van der Waals surface area (Å²) in [5, 5.41) is 5.81. The zero-order valence-electron chi connectivity index (χ0n) is 14.8. The third-order valence-corrected chi connectivity index (χ3v) is 5.75. The van der Waals surface area contributed by atoms with E-state index in [1.54, 1.807) is 12.1 Å². The molecule has 0 unspecified atom stereocenters. The number of amides is 1. The van der Waals surface area contributed by atoms with Crippen molar-refractivity contribution in [1.82, 2.24) is 4.31 Å². The SMILES string of the molecule is Cc1cccc(NCC(=O)Nc2cccc(S(=O)(=O)N(C)C)c2)c1C. The van der Waals surface area contributed by atoms with Gasteiger partial charge in [0.1, 0.15) is 0 Å².